The molecule has 0 saturated carbocycles. The molecule has 1 saturated heterocycles. The van der Waals surface area contributed by atoms with Crippen molar-refractivity contribution in [2.45, 2.75) is 30.6 Å². The third kappa shape index (κ3) is 2.93. The Balaban J connectivity index is 1.65. The largest absolute Gasteiger partial charge is 0.497 e. The van der Waals surface area contributed by atoms with E-state index in [4.69, 9.17) is 23.7 Å². The fraction of sp³-hybridized carbons (Fsp3) is 0.375. The molecule has 0 radical (unpaired) electrons. The minimum absolute atomic E-state index is 0.00860. The summed E-state index contributed by atoms with van der Waals surface area (Å²) in [6.45, 7) is -0.627. The van der Waals surface area contributed by atoms with Crippen molar-refractivity contribution in [3.8, 4) is 23.0 Å². The minimum Gasteiger partial charge on any atom is -0.497 e. The fourth-order valence-corrected chi connectivity index (χ4v) is 5.16. The van der Waals surface area contributed by atoms with Gasteiger partial charge in [0.25, 0.3) is 5.91 Å². The van der Waals surface area contributed by atoms with Gasteiger partial charge in [-0.05, 0) is 18.2 Å². The predicted octanol–water partition coefficient (Wildman–Crippen LogP) is 0.499. The number of benzene rings is 3. The molecule has 3 heterocycles. The first-order chi connectivity index (χ1) is 16.9. The normalized spacial score (nSPS) is 27.2. The van der Waals surface area contributed by atoms with Crippen molar-refractivity contribution in [1.29, 1.82) is 0 Å². The lowest BCUT2D eigenvalue weighted by atomic mass is 9.96. The first-order valence-corrected chi connectivity index (χ1v) is 11.0. The van der Waals surface area contributed by atoms with Crippen molar-refractivity contribution in [2.75, 3.05) is 32.5 Å². The highest BCUT2D eigenvalue weighted by Crippen LogP contribution is 2.53. The summed E-state index contributed by atoms with van der Waals surface area (Å²) in [5.74, 6) is 1.35. The smallest absolute Gasteiger partial charge is 0.261 e. The number of carbonyl (C=O) groups excluding carboxylic acids is 1. The van der Waals surface area contributed by atoms with Crippen LogP contribution in [0.2, 0.25) is 0 Å². The van der Waals surface area contributed by atoms with Crippen molar-refractivity contribution in [3.05, 3.63) is 29.8 Å². The Hall–Kier alpha value is -3.35. The van der Waals surface area contributed by atoms with Crippen LogP contribution in [0.25, 0.3) is 21.5 Å². The van der Waals surface area contributed by atoms with Gasteiger partial charge in [0, 0.05) is 27.6 Å². The first-order valence-electron chi connectivity index (χ1n) is 11.0. The average molecular weight is 485 g/mol. The van der Waals surface area contributed by atoms with Crippen LogP contribution in [0.1, 0.15) is 10.4 Å². The topological polar surface area (TPSA) is 147 Å². The molecular formula is C24H23NO10. The van der Waals surface area contributed by atoms with E-state index in [-0.39, 0.29) is 6.79 Å². The quantitative estimate of drug-likeness (QED) is 0.385. The number of rotatable bonds is 4. The lowest BCUT2D eigenvalue weighted by Gasteiger charge is -2.43. The fourth-order valence-electron chi connectivity index (χ4n) is 5.16. The number of nitrogens with zero attached hydrogens (tertiary/aromatic N) is 1. The molecule has 3 aromatic carbocycles. The number of amides is 1. The maximum atomic E-state index is 13.7. The average Bonchev–Trinajstić information content (AvgIpc) is 3.45. The highest BCUT2D eigenvalue weighted by atomic mass is 16.7. The molecular weight excluding hydrogens is 462 g/mol. The van der Waals surface area contributed by atoms with Crippen LogP contribution < -0.4 is 23.8 Å². The van der Waals surface area contributed by atoms with Crippen molar-refractivity contribution < 1.29 is 48.9 Å². The standard InChI is InChI=1S/C24H23NO10/c1-31-9-3-11-10(14(4-9)32-2)5-13-17-12(6-15-22(18(11)17)34-8-33-15)23(30)25(13)24-21(29)20(28)19(27)16(7-26)35-24/h3-6,16,19-21,24,26-29H,7-8H2,1-2H3/t16-,19-,20+,21-,24-/m1/s1. The maximum absolute atomic E-state index is 13.7. The Kier molecular flexibility index (Phi) is 4.95. The molecule has 3 aromatic rings. The van der Waals surface area contributed by atoms with Gasteiger partial charge in [-0.1, -0.05) is 0 Å². The van der Waals surface area contributed by atoms with Gasteiger partial charge < -0.3 is 44.1 Å². The van der Waals surface area contributed by atoms with E-state index < -0.39 is 43.2 Å². The number of aliphatic hydroxyl groups excluding tert-OH is 4. The van der Waals surface area contributed by atoms with E-state index in [1.807, 2.05) is 6.07 Å². The molecule has 0 aliphatic carbocycles. The van der Waals surface area contributed by atoms with Gasteiger partial charge in [0.05, 0.1) is 32.1 Å². The molecule has 6 rings (SSSR count). The Labute approximate surface area is 198 Å². The summed E-state index contributed by atoms with van der Waals surface area (Å²) in [5, 5.41) is 43.5. The predicted molar refractivity (Wildman–Crippen MR) is 121 cm³/mol. The van der Waals surface area contributed by atoms with Crippen molar-refractivity contribution >= 4 is 33.1 Å². The summed E-state index contributed by atoms with van der Waals surface area (Å²) in [4.78, 5) is 15.0. The zero-order chi connectivity index (χ0) is 24.6. The van der Waals surface area contributed by atoms with Gasteiger partial charge in [0.15, 0.2) is 17.7 Å². The number of ether oxygens (including phenoxy) is 5. The lowest BCUT2D eigenvalue weighted by Crippen LogP contribution is -2.63. The van der Waals surface area contributed by atoms with E-state index in [1.165, 1.54) is 19.1 Å². The van der Waals surface area contributed by atoms with Gasteiger partial charge in [-0.25, -0.2) is 0 Å². The number of hydrogen-bond donors (Lipinski definition) is 4. The van der Waals surface area contributed by atoms with Gasteiger partial charge in [-0.2, -0.15) is 0 Å². The third-order valence-corrected chi connectivity index (χ3v) is 6.87. The van der Waals surface area contributed by atoms with Crippen LogP contribution in [-0.2, 0) is 4.74 Å². The molecule has 3 aliphatic rings. The van der Waals surface area contributed by atoms with Gasteiger partial charge in [-0.15, -0.1) is 0 Å². The van der Waals surface area contributed by atoms with Crippen molar-refractivity contribution in [2.24, 2.45) is 0 Å². The van der Waals surface area contributed by atoms with Gasteiger partial charge in [0.2, 0.25) is 6.79 Å². The number of aliphatic hydroxyl groups is 4. The van der Waals surface area contributed by atoms with Crippen LogP contribution in [-0.4, -0.2) is 84.6 Å². The van der Waals surface area contributed by atoms with Crippen LogP contribution in [0.15, 0.2) is 24.3 Å². The zero-order valence-electron chi connectivity index (χ0n) is 18.8. The summed E-state index contributed by atoms with van der Waals surface area (Å²) in [6.07, 6.45) is -7.41. The molecule has 35 heavy (non-hydrogen) atoms. The molecule has 4 N–H and O–H groups in total. The second-order valence-corrected chi connectivity index (χ2v) is 8.62. The van der Waals surface area contributed by atoms with E-state index in [2.05, 4.69) is 0 Å². The van der Waals surface area contributed by atoms with Gasteiger partial charge in [-0.3, -0.25) is 9.69 Å². The molecule has 5 atom stereocenters. The second-order valence-electron chi connectivity index (χ2n) is 8.62. The van der Waals surface area contributed by atoms with Crippen LogP contribution in [0, 0.1) is 0 Å². The van der Waals surface area contributed by atoms with E-state index in [0.29, 0.717) is 55.8 Å². The summed E-state index contributed by atoms with van der Waals surface area (Å²) >= 11 is 0. The van der Waals surface area contributed by atoms with E-state index in [9.17, 15) is 25.2 Å². The van der Waals surface area contributed by atoms with Gasteiger partial charge in [0.1, 0.15) is 35.9 Å². The molecule has 0 spiro atoms. The van der Waals surface area contributed by atoms with Crippen LogP contribution in [0.3, 0.4) is 0 Å². The molecule has 0 aromatic heterocycles. The highest BCUT2D eigenvalue weighted by molar-refractivity contribution is 6.32. The monoisotopic (exact) mass is 485 g/mol. The number of hydrogen-bond acceptors (Lipinski definition) is 10. The van der Waals surface area contributed by atoms with Gasteiger partial charge >= 0.3 is 0 Å². The molecule has 1 amide bonds. The Morgan fingerprint density at radius 3 is 2.49 bits per heavy atom. The molecule has 0 bridgehead atoms. The number of methoxy groups -OCH3 is 2. The Morgan fingerprint density at radius 2 is 1.77 bits per heavy atom. The molecule has 11 heteroatoms. The van der Waals surface area contributed by atoms with E-state index in [0.717, 1.165) is 0 Å². The number of fused-ring (bicyclic) bond motifs is 4. The van der Waals surface area contributed by atoms with Crippen molar-refractivity contribution in [1.82, 2.24) is 0 Å². The zero-order valence-corrected chi connectivity index (χ0v) is 18.8. The second kappa shape index (κ2) is 7.83. The lowest BCUT2D eigenvalue weighted by molar-refractivity contribution is -0.226. The summed E-state index contributed by atoms with van der Waals surface area (Å²) in [5.41, 5.74) is 0.679. The van der Waals surface area contributed by atoms with Crippen LogP contribution >= 0.6 is 0 Å². The molecule has 1 fully saturated rings. The summed E-state index contributed by atoms with van der Waals surface area (Å²) < 4.78 is 28.2. The van der Waals surface area contributed by atoms with Crippen LogP contribution in [0.5, 0.6) is 23.0 Å². The highest BCUT2D eigenvalue weighted by Gasteiger charge is 2.50. The molecule has 184 valence electrons. The van der Waals surface area contributed by atoms with E-state index in [1.54, 1.807) is 18.2 Å². The van der Waals surface area contributed by atoms with Crippen LogP contribution in [0.4, 0.5) is 5.69 Å². The molecule has 3 aliphatic heterocycles. The summed E-state index contributed by atoms with van der Waals surface area (Å²) in [6, 6.07) is 6.82. The number of anilines is 1. The SMILES string of the molecule is COc1cc(OC)c2cc3c4c(cc5c(c4c2c1)OCO5)C(=O)N3[C@@H]1O[C@H](CO)[C@@H](O)[C@H](O)[C@H]1O. The maximum Gasteiger partial charge on any atom is 0.261 e. The summed E-state index contributed by atoms with van der Waals surface area (Å²) in [7, 11) is 3.05. The Bertz CT molecular complexity index is 1370. The number of carbonyl (C=O) groups is 1. The first kappa shape index (κ1) is 22.1. The molecule has 0 unspecified atom stereocenters. The van der Waals surface area contributed by atoms with Crippen molar-refractivity contribution in [3.63, 3.8) is 0 Å². The third-order valence-electron chi connectivity index (χ3n) is 6.87. The van der Waals surface area contributed by atoms with E-state index >= 15 is 0 Å². The minimum atomic E-state index is -1.64. The molecule has 11 nitrogen and oxygen atoms in total. The Morgan fingerprint density at radius 1 is 0.971 bits per heavy atom.